The van der Waals surface area contributed by atoms with Crippen molar-refractivity contribution in [3.8, 4) is 11.5 Å². The van der Waals surface area contributed by atoms with Gasteiger partial charge in [0.2, 0.25) is 12.7 Å². The first-order valence-electron chi connectivity index (χ1n) is 8.61. The van der Waals surface area contributed by atoms with Gasteiger partial charge in [0.05, 0.1) is 0 Å². The van der Waals surface area contributed by atoms with Crippen molar-refractivity contribution in [3.05, 3.63) is 65.9 Å². The average Bonchev–Trinajstić information content (AvgIpc) is 3.24. The van der Waals surface area contributed by atoms with Crippen LogP contribution < -0.4 is 14.8 Å². The second-order valence-electron chi connectivity index (χ2n) is 6.23. The number of rotatable bonds is 5. The Labute approximate surface area is 151 Å². The lowest BCUT2D eigenvalue weighted by Gasteiger charge is -2.08. The molecule has 5 heteroatoms. The predicted octanol–water partition coefficient (Wildman–Crippen LogP) is 3.51. The van der Waals surface area contributed by atoms with Crippen molar-refractivity contribution in [2.24, 2.45) is 0 Å². The van der Waals surface area contributed by atoms with Gasteiger partial charge in [0, 0.05) is 30.4 Å². The van der Waals surface area contributed by atoms with Gasteiger partial charge in [-0.05, 0) is 48.2 Å². The van der Waals surface area contributed by atoms with Crippen molar-refractivity contribution in [3.63, 3.8) is 0 Å². The molecular weight excluding hydrogens is 328 g/mol. The van der Waals surface area contributed by atoms with Crippen LogP contribution in [0.3, 0.4) is 0 Å². The SMILES string of the molecule is Cc1cc2ccccc2n1CCNC(=O)/C=C/c1ccc2c(c1)OCO2. The summed E-state index contributed by atoms with van der Waals surface area (Å²) >= 11 is 0. The third-order valence-corrected chi connectivity index (χ3v) is 4.48. The first-order chi connectivity index (χ1) is 12.7. The molecule has 4 rings (SSSR count). The quantitative estimate of drug-likeness (QED) is 0.718. The number of nitrogens with one attached hydrogen (secondary N) is 1. The first-order valence-corrected chi connectivity index (χ1v) is 8.61. The second kappa shape index (κ2) is 6.96. The van der Waals surface area contributed by atoms with E-state index >= 15 is 0 Å². The van der Waals surface area contributed by atoms with Gasteiger partial charge in [-0.15, -0.1) is 0 Å². The molecule has 1 aliphatic rings. The van der Waals surface area contributed by atoms with Crippen LogP contribution in [0.15, 0.2) is 54.6 Å². The maximum Gasteiger partial charge on any atom is 0.244 e. The smallest absolute Gasteiger partial charge is 0.244 e. The van der Waals surface area contributed by atoms with Crippen LogP contribution >= 0.6 is 0 Å². The van der Waals surface area contributed by atoms with Crippen LogP contribution in [0.2, 0.25) is 0 Å². The first kappa shape index (κ1) is 16.3. The summed E-state index contributed by atoms with van der Waals surface area (Å²) in [6.07, 6.45) is 3.31. The van der Waals surface area contributed by atoms with Crippen molar-refractivity contribution >= 4 is 22.9 Å². The number of hydrogen-bond donors (Lipinski definition) is 1. The standard InChI is InChI=1S/C21H20N2O3/c1-15-12-17-4-2-3-5-18(17)23(15)11-10-22-21(24)9-7-16-6-8-19-20(13-16)26-14-25-19/h2-9,12-13H,10-11,14H2,1H3,(H,22,24)/b9-7+. The molecule has 1 aliphatic heterocycles. The van der Waals surface area contributed by atoms with Crippen LogP contribution in [0.5, 0.6) is 11.5 Å². The van der Waals surface area contributed by atoms with Gasteiger partial charge in [-0.2, -0.15) is 0 Å². The van der Waals surface area contributed by atoms with Crippen molar-refractivity contribution in [2.75, 3.05) is 13.3 Å². The third-order valence-electron chi connectivity index (χ3n) is 4.48. The zero-order chi connectivity index (χ0) is 17.9. The van der Waals surface area contributed by atoms with Crippen molar-refractivity contribution in [1.82, 2.24) is 9.88 Å². The van der Waals surface area contributed by atoms with Crippen LogP contribution in [0.1, 0.15) is 11.3 Å². The highest BCUT2D eigenvalue weighted by Gasteiger charge is 2.12. The number of para-hydroxylation sites is 1. The highest BCUT2D eigenvalue weighted by Crippen LogP contribution is 2.32. The Morgan fingerprint density at radius 3 is 2.92 bits per heavy atom. The molecule has 1 aromatic heterocycles. The fourth-order valence-electron chi connectivity index (χ4n) is 3.18. The minimum atomic E-state index is -0.114. The van der Waals surface area contributed by atoms with E-state index in [9.17, 15) is 4.79 Å². The van der Waals surface area contributed by atoms with Gasteiger partial charge >= 0.3 is 0 Å². The molecule has 0 atom stereocenters. The van der Waals surface area contributed by atoms with Crippen LogP contribution in [0.25, 0.3) is 17.0 Å². The summed E-state index contributed by atoms with van der Waals surface area (Å²) in [5, 5.41) is 4.15. The highest BCUT2D eigenvalue weighted by molar-refractivity contribution is 5.91. The number of carbonyl (C=O) groups excluding carboxylic acids is 1. The van der Waals surface area contributed by atoms with E-state index in [1.165, 1.54) is 22.7 Å². The van der Waals surface area contributed by atoms with E-state index in [0.717, 1.165) is 17.9 Å². The highest BCUT2D eigenvalue weighted by atomic mass is 16.7. The molecule has 0 radical (unpaired) electrons. The Bertz CT molecular complexity index is 988. The molecule has 2 heterocycles. The van der Waals surface area contributed by atoms with E-state index in [0.29, 0.717) is 12.3 Å². The molecule has 0 spiro atoms. The summed E-state index contributed by atoms with van der Waals surface area (Å²) in [7, 11) is 0. The zero-order valence-corrected chi connectivity index (χ0v) is 14.6. The molecule has 3 aromatic rings. The average molecular weight is 348 g/mol. The molecule has 5 nitrogen and oxygen atoms in total. The van der Waals surface area contributed by atoms with Gasteiger partial charge in [-0.3, -0.25) is 4.79 Å². The molecule has 0 saturated carbocycles. The Hall–Kier alpha value is -3.21. The number of benzene rings is 2. The minimum Gasteiger partial charge on any atom is -0.454 e. The maximum atomic E-state index is 12.1. The summed E-state index contributed by atoms with van der Waals surface area (Å²) in [4.78, 5) is 12.1. The van der Waals surface area contributed by atoms with E-state index in [-0.39, 0.29) is 12.7 Å². The lowest BCUT2D eigenvalue weighted by atomic mass is 10.2. The Balaban J connectivity index is 1.34. The van der Waals surface area contributed by atoms with E-state index in [1.807, 2.05) is 30.3 Å². The fraction of sp³-hybridized carbons (Fsp3) is 0.190. The zero-order valence-electron chi connectivity index (χ0n) is 14.6. The van der Waals surface area contributed by atoms with E-state index in [1.54, 1.807) is 6.08 Å². The molecule has 26 heavy (non-hydrogen) atoms. The molecule has 0 unspecified atom stereocenters. The maximum absolute atomic E-state index is 12.1. The lowest BCUT2D eigenvalue weighted by Crippen LogP contribution is -2.25. The van der Waals surface area contributed by atoms with Crippen LogP contribution in [-0.4, -0.2) is 23.8 Å². The number of aromatic nitrogens is 1. The molecule has 1 N–H and O–H groups in total. The predicted molar refractivity (Wildman–Crippen MR) is 101 cm³/mol. The van der Waals surface area contributed by atoms with Gasteiger partial charge in [0.1, 0.15) is 0 Å². The number of amides is 1. The summed E-state index contributed by atoms with van der Waals surface area (Å²) in [5.74, 6) is 1.33. The normalized spacial score (nSPS) is 12.8. The Kier molecular flexibility index (Phi) is 4.35. The van der Waals surface area contributed by atoms with E-state index in [2.05, 4.69) is 35.0 Å². The molecule has 2 aromatic carbocycles. The van der Waals surface area contributed by atoms with Crippen molar-refractivity contribution < 1.29 is 14.3 Å². The monoisotopic (exact) mass is 348 g/mol. The van der Waals surface area contributed by atoms with Crippen LogP contribution in [0.4, 0.5) is 0 Å². The molecule has 0 saturated heterocycles. The number of aryl methyl sites for hydroxylation is 1. The Morgan fingerprint density at radius 1 is 1.15 bits per heavy atom. The summed E-state index contributed by atoms with van der Waals surface area (Å²) in [6.45, 7) is 3.64. The number of fused-ring (bicyclic) bond motifs is 2. The number of carbonyl (C=O) groups is 1. The van der Waals surface area contributed by atoms with Crippen LogP contribution in [-0.2, 0) is 11.3 Å². The van der Waals surface area contributed by atoms with Crippen molar-refractivity contribution in [1.29, 1.82) is 0 Å². The molecule has 0 aliphatic carbocycles. The molecule has 132 valence electrons. The minimum absolute atomic E-state index is 0.114. The van der Waals surface area contributed by atoms with Crippen LogP contribution in [0, 0.1) is 6.92 Å². The summed E-state index contributed by atoms with van der Waals surface area (Å²) < 4.78 is 12.8. The Morgan fingerprint density at radius 2 is 2.00 bits per heavy atom. The van der Waals surface area contributed by atoms with E-state index < -0.39 is 0 Å². The topological polar surface area (TPSA) is 52.5 Å². The van der Waals surface area contributed by atoms with Crippen molar-refractivity contribution in [2.45, 2.75) is 13.5 Å². The van der Waals surface area contributed by atoms with Gasteiger partial charge in [0.15, 0.2) is 11.5 Å². The number of nitrogens with zero attached hydrogens (tertiary/aromatic N) is 1. The molecule has 0 fully saturated rings. The van der Waals surface area contributed by atoms with Gasteiger partial charge < -0.3 is 19.4 Å². The third kappa shape index (κ3) is 3.28. The second-order valence-corrected chi connectivity index (χ2v) is 6.23. The van der Waals surface area contributed by atoms with Gasteiger partial charge in [-0.25, -0.2) is 0 Å². The lowest BCUT2D eigenvalue weighted by molar-refractivity contribution is -0.116. The summed E-state index contributed by atoms with van der Waals surface area (Å²) in [5.41, 5.74) is 3.28. The molecule has 1 amide bonds. The number of hydrogen-bond acceptors (Lipinski definition) is 3. The van der Waals surface area contributed by atoms with Gasteiger partial charge in [0.25, 0.3) is 0 Å². The van der Waals surface area contributed by atoms with E-state index in [4.69, 9.17) is 9.47 Å². The summed E-state index contributed by atoms with van der Waals surface area (Å²) in [6, 6.07) is 16.0. The number of ether oxygens (including phenoxy) is 2. The largest absolute Gasteiger partial charge is 0.454 e. The van der Waals surface area contributed by atoms with Gasteiger partial charge in [-0.1, -0.05) is 24.3 Å². The molecule has 0 bridgehead atoms. The molecular formula is C21H20N2O3. The fourth-order valence-corrected chi connectivity index (χ4v) is 3.18.